The van der Waals surface area contributed by atoms with Crippen molar-refractivity contribution in [1.29, 1.82) is 0 Å². The summed E-state index contributed by atoms with van der Waals surface area (Å²) >= 11 is 0. The van der Waals surface area contributed by atoms with E-state index in [1.807, 2.05) is 14.0 Å². The second-order valence-electron chi connectivity index (χ2n) is 3.97. The number of anilines is 2. The number of hydrogen-bond donors (Lipinski definition) is 3. The molecule has 1 rings (SSSR count). The molecule has 7 nitrogen and oxygen atoms in total. The molecule has 1 heterocycles. The predicted octanol–water partition coefficient (Wildman–Crippen LogP) is 0.391. The zero-order valence-corrected chi connectivity index (χ0v) is 11.6. The molecule has 0 saturated carbocycles. The Balaban J connectivity index is 2.35. The minimum Gasteiger partial charge on any atom is -0.383 e. The number of aromatic nitrogens is 2. The maximum atomic E-state index is 11.5. The standard InChI is InChI=1S/C12H21N5O2/c1-9-11(13-2)16-8-17-12(9)15-5-4-10(18)14-6-7-19-3/h8H,4-7H2,1-3H3,(H,14,18)(H2,13,15,16,17). The van der Waals surface area contributed by atoms with Crippen LogP contribution in [0.25, 0.3) is 0 Å². The van der Waals surface area contributed by atoms with Crippen LogP contribution in [0, 0.1) is 6.92 Å². The summed E-state index contributed by atoms with van der Waals surface area (Å²) in [4.78, 5) is 19.7. The number of methoxy groups -OCH3 is 1. The van der Waals surface area contributed by atoms with E-state index in [0.29, 0.717) is 26.1 Å². The third-order valence-electron chi connectivity index (χ3n) is 2.59. The highest BCUT2D eigenvalue weighted by Gasteiger charge is 2.06. The minimum absolute atomic E-state index is 0.00917. The highest BCUT2D eigenvalue weighted by molar-refractivity contribution is 5.76. The number of carbonyl (C=O) groups is 1. The van der Waals surface area contributed by atoms with Gasteiger partial charge in [-0.05, 0) is 6.92 Å². The first-order chi connectivity index (χ1) is 9.19. The molecule has 1 aromatic heterocycles. The van der Waals surface area contributed by atoms with Gasteiger partial charge in [0.05, 0.1) is 6.61 Å². The molecule has 0 aliphatic carbocycles. The third kappa shape index (κ3) is 5.09. The normalized spacial score (nSPS) is 10.1. The lowest BCUT2D eigenvalue weighted by molar-refractivity contribution is -0.121. The number of ether oxygens (including phenoxy) is 1. The topological polar surface area (TPSA) is 88.2 Å². The van der Waals surface area contributed by atoms with Gasteiger partial charge in [0, 0.05) is 39.2 Å². The number of amides is 1. The van der Waals surface area contributed by atoms with Crippen molar-refractivity contribution in [2.75, 3.05) is 44.5 Å². The lowest BCUT2D eigenvalue weighted by atomic mass is 10.3. The van der Waals surface area contributed by atoms with Crippen LogP contribution in [-0.4, -0.2) is 49.7 Å². The Labute approximate surface area is 113 Å². The van der Waals surface area contributed by atoms with E-state index in [9.17, 15) is 4.79 Å². The molecule has 0 aromatic carbocycles. The Morgan fingerprint density at radius 2 is 2.05 bits per heavy atom. The second-order valence-corrected chi connectivity index (χ2v) is 3.97. The molecule has 0 bridgehead atoms. The van der Waals surface area contributed by atoms with Gasteiger partial charge in [0.15, 0.2) is 0 Å². The third-order valence-corrected chi connectivity index (χ3v) is 2.59. The minimum atomic E-state index is -0.00917. The average molecular weight is 267 g/mol. The molecular weight excluding hydrogens is 246 g/mol. The van der Waals surface area contributed by atoms with E-state index in [1.54, 1.807) is 7.11 Å². The molecule has 0 unspecified atom stereocenters. The molecule has 0 fully saturated rings. The monoisotopic (exact) mass is 267 g/mol. The quantitative estimate of drug-likeness (QED) is 0.591. The molecule has 7 heteroatoms. The van der Waals surface area contributed by atoms with Gasteiger partial charge in [0.2, 0.25) is 5.91 Å². The van der Waals surface area contributed by atoms with Gasteiger partial charge in [-0.3, -0.25) is 4.79 Å². The van der Waals surface area contributed by atoms with Crippen LogP contribution in [-0.2, 0) is 9.53 Å². The number of nitrogens with zero attached hydrogens (tertiary/aromatic N) is 2. The van der Waals surface area contributed by atoms with Gasteiger partial charge in [-0.15, -0.1) is 0 Å². The number of carbonyl (C=O) groups excluding carboxylic acids is 1. The summed E-state index contributed by atoms with van der Waals surface area (Å²) < 4.78 is 4.85. The van der Waals surface area contributed by atoms with Gasteiger partial charge >= 0.3 is 0 Å². The van der Waals surface area contributed by atoms with Crippen LogP contribution in [0.1, 0.15) is 12.0 Å². The molecule has 0 atom stereocenters. The van der Waals surface area contributed by atoms with E-state index >= 15 is 0 Å². The largest absolute Gasteiger partial charge is 0.383 e. The number of nitrogens with one attached hydrogen (secondary N) is 3. The van der Waals surface area contributed by atoms with Crippen molar-refractivity contribution in [3.63, 3.8) is 0 Å². The van der Waals surface area contributed by atoms with E-state index in [-0.39, 0.29) is 5.91 Å². The fourth-order valence-electron chi connectivity index (χ4n) is 1.56. The first kappa shape index (κ1) is 15.2. The van der Waals surface area contributed by atoms with Crippen LogP contribution in [0.5, 0.6) is 0 Å². The predicted molar refractivity (Wildman–Crippen MR) is 74.3 cm³/mol. The Morgan fingerprint density at radius 3 is 2.74 bits per heavy atom. The first-order valence-corrected chi connectivity index (χ1v) is 6.18. The Bertz CT molecular complexity index is 411. The van der Waals surface area contributed by atoms with E-state index in [2.05, 4.69) is 25.9 Å². The average Bonchev–Trinajstić information content (AvgIpc) is 2.41. The van der Waals surface area contributed by atoms with E-state index in [4.69, 9.17) is 4.74 Å². The molecule has 1 aromatic rings. The van der Waals surface area contributed by atoms with Gasteiger partial charge in [-0.2, -0.15) is 0 Å². The molecule has 3 N–H and O–H groups in total. The highest BCUT2D eigenvalue weighted by Crippen LogP contribution is 2.16. The Hall–Kier alpha value is -1.89. The van der Waals surface area contributed by atoms with Crippen LogP contribution < -0.4 is 16.0 Å². The van der Waals surface area contributed by atoms with Crippen molar-refractivity contribution < 1.29 is 9.53 Å². The molecular formula is C12H21N5O2. The molecule has 0 aliphatic rings. The van der Waals surface area contributed by atoms with Gasteiger partial charge < -0.3 is 20.7 Å². The van der Waals surface area contributed by atoms with Gasteiger partial charge in [0.1, 0.15) is 18.0 Å². The molecule has 19 heavy (non-hydrogen) atoms. The maximum absolute atomic E-state index is 11.5. The van der Waals surface area contributed by atoms with Crippen LogP contribution in [0.4, 0.5) is 11.6 Å². The molecule has 0 spiro atoms. The summed E-state index contributed by atoms with van der Waals surface area (Å²) in [6.45, 7) is 3.51. The smallest absolute Gasteiger partial charge is 0.221 e. The lowest BCUT2D eigenvalue weighted by Crippen LogP contribution is -2.28. The molecule has 1 amide bonds. The van der Waals surface area contributed by atoms with Crippen molar-refractivity contribution in [3.05, 3.63) is 11.9 Å². The van der Waals surface area contributed by atoms with E-state index in [1.165, 1.54) is 6.33 Å². The molecule has 106 valence electrons. The number of rotatable bonds is 8. The summed E-state index contributed by atoms with van der Waals surface area (Å²) in [5, 5.41) is 8.87. The second kappa shape index (κ2) is 8.25. The van der Waals surface area contributed by atoms with Gasteiger partial charge in [-0.25, -0.2) is 9.97 Å². The first-order valence-electron chi connectivity index (χ1n) is 6.18. The SMILES string of the molecule is CNc1ncnc(NCCC(=O)NCCOC)c1C. The Morgan fingerprint density at radius 1 is 1.32 bits per heavy atom. The zero-order chi connectivity index (χ0) is 14.1. The van der Waals surface area contributed by atoms with Crippen molar-refractivity contribution >= 4 is 17.5 Å². The fraction of sp³-hybridized carbons (Fsp3) is 0.583. The maximum Gasteiger partial charge on any atom is 0.221 e. The number of hydrogen-bond acceptors (Lipinski definition) is 6. The van der Waals surface area contributed by atoms with Crippen LogP contribution in [0.3, 0.4) is 0 Å². The summed E-state index contributed by atoms with van der Waals surface area (Å²) in [6.07, 6.45) is 1.88. The van der Waals surface area contributed by atoms with Gasteiger partial charge in [-0.1, -0.05) is 0 Å². The van der Waals surface area contributed by atoms with E-state index < -0.39 is 0 Å². The summed E-state index contributed by atoms with van der Waals surface area (Å²) in [6, 6.07) is 0. The van der Waals surface area contributed by atoms with Crippen molar-refractivity contribution in [2.24, 2.45) is 0 Å². The zero-order valence-electron chi connectivity index (χ0n) is 11.6. The highest BCUT2D eigenvalue weighted by atomic mass is 16.5. The van der Waals surface area contributed by atoms with Crippen molar-refractivity contribution in [1.82, 2.24) is 15.3 Å². The summed E-state index contributed by atoms with van der Waals surface area (Å²) in [5.74, 6) is 1.51. The van der Waals surface area contributed by atoms with E-state index in [0.717, 1.165) is 17.2 Å². The summed E-state index contributed by atoms with van der Waals surface area (Å²) in [7, 11) is 3.41. The van der Waals surface area contributed by atoms with Crippen LogP contribution in [0.15, 0.2) is 6.33 Å². The van der Waals surface area contributed by atoms with Crippen molar-refractivity contribution in [2.45, 2.75) is 13.3 Å². The Kier molecular flexibility index (Phi) is 6.59. The van der Waals surface area contributed by atoms with Gasteiger partial charge in [0.25, 0.3) is 0 Å². The van der Waals surface area contributed by atoms with Crippen LogP contribution in [0.2, 0.25) is 0 Å². The molecule has 0 radical (unpaired) electrons. The fourth-order valence-corrected chi connectivity index (χ4v) is 1.56. The molecule has 0 aliphatic heterocycles. The van der Waals surface area contributed by atoms with Crippen molar-refractivity contribution in [3.8, 4) is 0 Å². The lowest BCUT2D eigenvalue weighted by Gasteiger charge is -2.11. The summed E-state index contributed by atoms with van der Waals surface area (Å²) in [5.41, 5.74) is 0.935. The van der Waals surface area contributed by atoms with Crippen LogP contribution >= 0.6 is 0 Å². The molecule has 0 saturated heterocycles.